The van der Waals surface area contributed by atoms with E-state index >= 15 is 0 Å². The summed E-state index contributed by atoms with van der Waals surface area (Å²) in [4.78, 5) is 7.20. The smallest absolute Gasteiger partial charge is 0.191 e. The standard InChI is InChI=1S/C22H34F2N4O/c1-3-25-22(26-13-16(2)20-5-4-18(23)12-21(20)24)27-19-6-9-28(10-7-19)14-17-8-11-29-15-17/h4-5,12,16-17,19H,3,6-11,13-15H2,1-2H3,(H2,25,26,27). The predicted octanol–water partition coefficient (Wildman–Crippen LogP) is 3.12. The van der Waals surface area contributed by atoms with Gasteiger partial charge in [-0.25, -0.2) is 8.78 Å². The molecular weight excluding hydrogens is 374 g/mol. The van der Waals surface area contributed by atoms with Crippen LogP contribution in [-0.2, 0) is 4.74 Å². The van der Waals surface area contributed by atoms with E-state index in [0.717, 1.165) is 64.3 Å². The predicted molar refractivity (Wildman–Crippen MR) is 112 cm³/mol. The van der Waals surface area contributed by atoms with Crippen molar-refractivity contribution in [2.75, 3.05) is 45.9 Å². The van der Waals surface area contributed by atoms with Crippen molar-refractivity contribution in [3.63, 3.8) is 0 Å². The Morgan fingerprint density at radius 2 is 2.07 bits per heavy atom. The third kappa shape index (κ3) is 6.64. The first kappa shape index (κ1) is 22.0. The molecule has 1 aromatic rings. The number of nitrogens with zero attached hydrogens (tertiary/aromatic N) is 2. The van der Waals surface area contributed by atoms with Gasteiger partial charge in [0.1, 0.15) is 11.6 Å². The number of nitrogens with one attached hydrogen (secondary N) is 2. The Morgan fingerprint density at radius 1 is 1.28 bits per heavy atom. The molecule has 2 saturated heterocycles. The molecule has 0 aromatic heterocycles. The first-order valence-electron chi connectivity index (χ1n) is 10.8. The summed E-state index contributed by atoms with van der Waals surface area (Å²) < 4.78 is 32.6. The van der Waals surface area contributed by atoms with E-state index in [2.05, 4.69) is 20.5 Å². The van der Waals surface area contributed by atoms with E-state index in [1.165, 1.54) is 18.6 Å². The van der Waals surface area contributed by atoms with Crippen LogP contribution in [0.4, 0.5) is 8.78 Å². The van der Waals surface area contributed by atoms with Crippen molar-refractivity contribution in [3.8, 4) is 0 Å². The van der Waals surface area contributed by atoms with Gasteiger partial charge in [0.2, 0.25) is 0 Å². The fourth-order valence-corrected chi connectivity index (χ4v) is 4.09. The molecule has 29 heavy (non-hydrogen) atoms. The molecule has 0 radical (unpaired) electrons. The lowest BCUT2D eigenvalue weighted by Gasteiger charge is -2.34. The first-order chi connectivity index (χ1) is 14.0. The molecule has 0 aliphatic carbocycles. The van der Waals surface area contributed by atoms with E-state index in [0.29, 0.717) is 24.1 Å². The molecule has 0 saturated carbocycles. The number of hydrogen-bond acceptors (Lipinski definition) is 3. The van der Waals surface area contributed by atoms with Gasteiger partial charge in [-0.3, -0.25) is 4.99 Å². The lowest BCUT2D eigenvalue weighted by molar-refractivity contribution is 0.150. The van der Waals surface area contributed by atoms with Gasteiger partial charge in [-0.1, -0.05) is 13.0 Å². The molecule has 7 heteroatoms. The van der Waals surface area contributed by atoms with Gasteiger partial charge in [0.25, 0.3) is 0 Å². The third-order valence-corrected chi connectivity index (χ3v) is 5.83. The van der Waals surface area contributed by atoms with Gasteiger partial charge in [0, 0.05) is 57.4 Å². The minimum Gasteiger partial charge on any atom is -0.381 e. The third-order valence-electron chi connectivity index (χ3n) is 5.83. The van der Waals surface area contributed by atoms with Crippen LogP contribution in [0.15, 0.2) is 23.2 Å². The fourth-order valence-electron chi connectivity index (χ4n) is 4.09. The minimum atomic E-state index is -0.552. The molecule has 162 valence electrons. The van der Waals surface area contributed by atoms with Crippen molar-refractivity contribution in [2.45, 2.75) is 45.1 Å². The lowest BCUT2D eigenvalue weighted by atomic mass is 10.0. The number of ether oxygens (including phenoxy) is 1. The molecule has 2 fully saturated rings. The zero-order chi connectivity index (χ0) is 20.6. The molecule has 2 heterocycles. The van der Waals surface area contributed by atoms with Crippen LogP contribution in [-0.4, -0.2) is 62.8 Å². The van der Waals surface area contributed by atoms with Crippen LogP contribution in [0.5, 0.6) is 0 Å². The summed E-state index contributed by atoms with van der Waals surface area (Å²) in [5.74, 6) is 0.271. The lowest BCUT2D eigenvalue weighted by Crippen LogP contribution is -2.49. The second-order valence-electron chi connectivity index (χ2n) is 8.24. The van der Waals surface area contributed by atoms with Crippen LogP contribution in [0, 0.1) is 17.6 Å². The van der Waals surface area contributed by atoms with Crippen molar-refractivity contribution in [2.24, 2.45) is 10.9 Å². The molecule has 3 rings (SSSR count). The van der Waals surface area contributed by atoms with Crippen LogP contribution in [0.2, 0.25) is 0 Å². The highest BCUT2D eigenvalue weighted by atomic mass is 19.1. The van der Waals surface area contributed by atoms with Crippen LogP contribution in [0.3, 0.4) is 0 Å². The highest BCUT2D eigenvalue weighted by molar-refractivity contribution is 5.80. The van der Waals surface area contributed by atoms with E-state index < -0.39 is 11.6 Å². The van der Waals surface area contributed by atoms with E-state index in [-0.39, 0.29) is 5.92 Å². The SMILES string of the molecule is CCNC(=NCC(C)c1ccc(F)cc1F)NC1CCN(CC2CCOC2)CC1. The molecule has 2 N–H and O–H groups in total. The average molecular weight is 409 g/mol. The van der Waals surface area contributed by atoms with Gasteiger partial charge in [0.15, 0.2) is 5.96 Å². The van der Waals surface area contributed by atoms with Crippen molar-refractivity contribution < 1.29 is 13.5 Å². The second-order valence-corrected chi connectivity index (χ2v) is 8.24. The van der Waals surface area contributed by atoms with Gasteiger partial charge in [-0.2, -0.15) is 0 Å². The highest BCUT2D eigenvalue weighted by Gasteiger charge is 2.24. The molecule has 2 aliphatic rings. The Balaban J connectivity index is 1.49. The van der Waals surface area contributed by atoms with Crippen LogP contribution in [0.1, 0.15) is 44.6 Å². The molecule has 0 bridgehead atoms. The number of likely N-dealkylation sites (tertiary alicyclic amines) is 1. The maximum atomic E-state index is 14.0. The van der Waals surface area contributed by atoms with Crippen LogP contribution in [0.25, 0.3) is 0 Å². The number of aliphatic imine (C=N–C) groups is 1. The molecule has 0 amide bonds. The normalized spacial score (nSPS) is 22.6. The van der Waals surface area contributed by atoms with Crippen molar-refractivity contribution in [1.82, 2.24) is 15.5 Å². The Hall–Kier alpha value is -1.73. The highest BCUT2D eigenvalue weighted by Crippen LogP contribution is 2.20. The van der Waals surface area contributed by atoms with Crippen molar-refractivity contribution in [3.05, 3.63) is 35.4 Å². The molecule has 0 spiro atoms. The number of hydrogen-bond donors (Lipinski definition) is 2. The number of rotatable bonds is 7. The Morgan fingerprint density at radius 3 is 2.72 bits per heavy atom. The topological polar surface area (TPSA) is 48.9 Å². The largest absolute Gasteiger partial charge is 0.381 e. The van der Waals surface area contributed by atoms with E-state index in [1.54, 1.807) is 0 Å². The van der Waals surface area contributed by atoms with Gasteiger partial charge in [-0.05, 0) is 43.7 Å². The van der Waals surface area contributed by atoms with Gasteiger partial charge < -0.3 is 20.3 Å². The fraction of sp³-hybridized carbons (Fsp3) is 0.682. The zero-order valence-electron chi connectivity index (χ0n) is 17.6. The Labute approximate surface area is 172 Å². The molecule has 2 unspecified atom stereocenters. The second kappa shape index (κ2) is 10.9. The van der Waals surface area contributed by atoms with E-state index in [1.807, 2.05) is 13.8 Å². The van der Waals surface area contributed by atoms with E-state index in [9.17, 15) is 8.78 Å². The number of guanidine groups is 1. The molecule has 2 atom stereocenters. The summed E-state index contributed by atoms with van der Waals surface area (Å²) >= 11 is 0. The summed E-state index contributed by atoms with van der Waals surface area (Å²) in [7, 11) is 0. The minimum absolute atomic E-state index is 0.124. The zero-order valence-corrected chi connectivity index (χ0v) is 17.6. The molecule has 2 aliphatic heterocycles. The maximum Gasteiger partial charge on any atom is 0.191 e. The number of piperidine rings is 1. The molecule has 5 nitrogen and oxygen atoms in total. The average Bonchev–Trinajstić information content (AvgIpc) is 3.20. The molecule has 1 aromatic carbocycles. The van der Waals surface area contributed by atoms with Crippen LogP contribution < -0.4 is 10.6 Å². The van der Waals surface area contributed by atoms with Crippen molar-refractivity contribution >= 4 is 5.96 Å². The summed E-state index contributed by atoms with van der Waals surface area (Å²) in [6.07, 6.45) is 3.35. The quantitative estimate of drug-likeness (QED) is 0.538. The number of benzene rings is 1. The Kier molecular flexibility index (Phi) is 8.24. The van der Waals surface area contributed by atoms with Gasteiger partial charge >= 0.3 is 0 Å². The Bertz CT molecular complexity index is 671. The summed E-state index contributed by atoms with van der Waals surface area (Å²) in [6.45, 7) is 10.3. The summed E-state index contributed by atoms with van der Waals surface area (Å²) in [5, 5.41) is 6.82. The maximum absolute atomic E-state index is 14.0. The van der Waals surface area contributed by atoms with E-state index in [4.69, 9.17) is 4.74 Å². The van der Waals surface area contributed by atoms with Crippen molar-refractivity contribution in [1.29, 1.82) is 0 Å². The first-order valence-corrected chi connectivity index (χ1v) is 10.8. The molecular formula is C22H34F2N4O. The van der Waals surface area contributed by atoms with Gasteiger partial charge in [-0.15, -0.1) is 0 Å². The monoisotopic (exact) mass is 408 g/mol. The number of halogens is 2. The van der Waals surface area contributed by atoms with Crippen LogP contribution >= 0.6 is 0 Å². The van der Waals surface area contributed by atoms with Gasteiger partial charge in [0.05, 0.1) is 6.61 Å². The summed E-state index contributed by atoms with van der Waals surface area (Å²) in [5.41, 5.74) is 0.496. The summed E-state index contributed by atoms with van der Waals surface area (Å²) in [6, 6.07) is 4.13.